The van der Waals surface area contributed by atoms with Gasteiger partial charge in [0.15, 0.2) is 0 Å². The molecular weight excluding hydrogens is 269 g/mol. The maximum absolute atomic E-state index is 14.0. The Bertz CT molecular complexity index is 680. The SMILES string of the molecule is N#Cc1ccc(N2CCC(n3ccc(N)n3)CC2)c(F)c1. The highest BCUT2D eigenvalue weighted by molar-refractivity contribution is 5.51. The van der Waals surface area contributed by atoms with E-state index in [9.17, 15) is 4.39 Å². The third-order valence-electron chi connectivity index (χ3n) is 3.89. The van der Waals surface area contributed by atoms with E-state index in [1.807, 2.05) is 21.8 Å². The van der Waals surface area contributed by atoms with Crippen molar-refractivity contribution < 1.29 is 4.39 Å². The number of piperidine rings is 1. The highest BCUT2D eigenvalue weighted by Gasteiger charge is 2.23. The molecule has 2 N–H and O–H groups in total. The second-order valence-corrected chi connectivity index (χ2v) is 5.22. The molecule has 0 spiro atoms. The summed E-state index contributed by atoms with van der Waals surface area (Å²) in [6.07, 6.45) is 3.67. The molecule has 3 rings (SSSR count). The number of aromatic nitrogens is 2. The van der Waals surface area contributed by atoms with Crippen LogP contribution in [0.1, 0.15) is 24.4 Å². The average Bonchev–Trinajstić information content (AvgIpc) is 2.94. The lowest BCUT2D eigenvalue weighted by Crippen LogP contribution is -2.35. The summed E-state index contributed by atoms with van der Waals surface area (Å²) in [4.78, 5) is 2.01. The Morgan fingerprint density at radius 1 is 1.29 bits per heavy atom. The molecule has 1 fully saturated rings. The molecule has 108 valence electrons. The molecule has 1 aromatic heterocycles. The van der Waals surface area contributed by atoms with Crippen molar-refractivity contribution in [2.45, 2.75) is 18.9 Å². The number of hydrogen-bond acceptors (Lipinski definition) is 4. The quantitative estimate of drug-likeness (QED) is 0.919. The standard InChI is InChI=1S/C15H16FN5/c16-13-9-11(10-17)1-2-14(13)20-6-3-12(4-7-20)21-8-5-15(18)19-21/h1-2,5,8-9,12H,3-4,6-7H2,(H2,18,19). The van der Waals surface area contributed by atoms with Crippen LogP contribution in [0.5, 0.6) is 0 Å². The first-order valence-corrected chi connectivity index (χ1v) is 6.92. The minimum absolute atomic E-state index is 0.306. The van der Waals surface area contributed by atoms with Gasteiger partial charge in [-0.25, -0.2) is 4.39 Å². The Balaban J connectivity index is 1.70. The zero-order valence-electron chi connectivity index (χ0n) is 11.5. The van der Waals surface area contributed by atoms with Crippen LogP contribution < -0.4 is 10.6 Å². The third kappa shape index (κ3) is 2.68. The Hall–Kier alpha value is -2.55. The van der Waals surface area contributed by atoms with Crippen LogP contribution in [0, 0.1) is 17.1 Å². The maximum Gasteiger partial charge on any atom is 0.147 e. The maximum atomic E-state index is 14.0. The largest absolute Gasteiger partial charge is 0.382 e. The first-order chi connectivity index (χ1) is 10.2. The van der Waals surface area contributed by atoms with E-state index in [0.29, 0.717) is 23.1 Å². The van der Waals surface area contributed by atoms with Gasteiger partial charge in [0, 0.05) is 19.3 Å². The van der Waals surface area contributed by atoms with Crippen LogP contribution in [0.25, 0.3) is 0 Å². The fourth-order valence-electron chi connectivity index (χ4n) is 2.76. The molecule has 1 aliphatic heterocycles. The number of nitrogens with zero attached hydrogens (tertiary/aromatic N) is 4. The number of nitriles is 1. The number of halogens is 1. The molecule has 2 aromatic rings. The molecule has 1 aliphatic rings. The summed E-state index contributed by atoms with van der Waals surface area (Å²) in [5, 5.41) is 13.0. The van der Waals surface area contributed by atoms with Crippen molar-refractivity contribution in [3.63, 3.8) is 0 Å². The van der Waals surface area contributed by atoms with Crippen LogP contribution in [0.4, 0.5) is 15.9 Å². The fraction of sp³-hybridized carbons (Fsp3) is 0.333. The van der Waals surface area contributed by atoms with Gasteiger partial charge in [0.25, 0.3) is 0 Å². The number of anilines is 2. The Morgan fingerprint density at radius 3 is 2.62 bits per heavy atom. The van der Waals surface area contributed by atoms with E-state index < -0.39 is 0 Å². The van der Waals surface area contributed by atoms with Gasteiger partial charge < -0.3 is 10.6 Å². The topological polar surface area (TPSA) is 70.9 Å². The lowest BCUT2D eigenvalue weighted by Gasteiger charge is -2.33. The summed E-state index contributed by atoms with van der Waals surface area (Å²) in [5.41, 5.74) is 6.54. The van der Waals surface area contributed by atoms with Gasteiger partial charge in [-0.15, -0.1) is 0 Å². The van der Waals surface area contributed by atoms with Gasteiger partial charge in [0.05, 0.1) is 23.4 Å². The van der Waals surface area contributed by atoms with Crippen LogP contribution in [0.3, 0.4) is 0 Å². The number of hydrogen-bond donors (Lipinski definition) is 1. The molecule has 0 amide bonds. The Kier molecular flexibility index (Phi) is 3.48. The molecule has 2 heterocycles. The minimum atomic E-state index is -0.337. The van der Waals surface area contributed by atoms with Crippen LogP contribution >= 0.6 is 0 Å². The lowest BCUT2D eigenvalue weighted by molar-refractivity contribution is 0.366. The molecule has 0 aliphatic carbocycles. The van der Waals surface area contributed by atoms with Crippen molar-refractivity contribution in [1.82, 2.24) is 9.78 Å². The van der Waals surface area contributed by atoms with Crippen molar-refractivity contribution >= 4 is 11.5 Å². The van der Waals surface area contributed by atoms with Gasteiger partial charge in [0.1, 0.15) is 11.6 Å². The van der Waals surface area contributed by atoms with Crippen molar-refractivity contribution in [3.05, 3.63) is 41.8 Å². The first-order valence-electron chi connectivity index (χ1n) is 6.92. The van der Waals surface area contributed by atoms with Gasteiger partial charge in [-0.2, -0.15) is 10.4 Å². The van der Waals surface area contributed by atoms with Crippen LogP contribution in [0.15, 0.2) is 30.5 Å². The summed E-state index contributed by atoms with van der Waals surface area (Å²) in [6, 6.07) is 8.66. The monoisotopic (exact) mass is 285 g/mol. The molecule has 21 heavy (non-hydrogen) atoms. The smallest absolute Gasteiger partial charge is 0.147 e. The number of rotatable bonds is 2. The second kappa shape index (κ2) is 5.44. The van der Waals surface area contributed by atoms with Crippen molar-refractivity contribution in [1.29, 1.82) is 5.26 Å². The second-order valence-electron chi connectivity index (χ2n) is 5.22. The zero-order valence-corrected chi connectivity index (χ0v) is 11.5. The van der Waals surface area contributed by atoms with E-state index in [1.54, 1.807) is 18.2 Å². The summed E-state index contributed by atoms with van der Waals surface area (Å²) >= 11 is 0. The summed E-state index contributed by atoms with van der Waals surface area (Å²) < 4.78 is 15.9. The average molecular weight is 285 g/mol. The molecule has 1 saturated heterocycles. The van der Waals surface area contributed by atoms with E-state index in [4.69, 9.17) is 11.0 Å². The van der Waals surface area contributed by atoms with E-state index in [0.717, 1.165) is 25.9 Å². The third-order valence-corrected chi connectivity index (χ3v) is 3.89. The molecule has 0 radical (unpaired) electrons. The van der Waals surface area contributed by atoms with Gasteiger partial charge in [-0.3, -0.25) is 4.68 Å². The van der Waals surface area contributed by atoms with Crippen LogP contribution in [-0.4, -0.2) is 22.9 Å². The van der Waals surface area contributed by atoms with Gasteiger partial charge in [-0.05, 0) is 37.1 Å². The number of nitrogens with two attached hydrogens (primary N) is 1. The lowest BCUT2D eigenvalue weighted by atomic mass is 10.0. The summed E-state index contributed by atoms with van der Waals surface area (Å²) in [5.74, 6) is 0.186. The first kappa shape index (κ1) is 13.4. The molecule has 0 unspecified atom stereocenters. The highest BCUT2D eigenvalue weighted by Crippen LogP contribution is 2.28. The number of nitrogen functional groups attached to an aromatic ring is 1. The molecule has 5 nitrogen and oxygen atoms in total. The van der Waals surface area contributed by atoms with E-state index in [1.165, 1.54) is 6.07 Å². The summed E-state index contributed by atoms with van der Waals surface area (Å²) in [6.45, 7) is 1.51. The number of benzene rings is 1. The minimum Gasteiger partial charge on any atom is -0.382 e. The predicted octanol–water partition coefficient (Wildman–Crippen LogP) is 2.32. The van der Waals surface area contributed by atoms with Crippen molar-refractivity contribution in [2.24, 2.45) is 0 Å². The fourth-order valence-corrected chi connectivity index (χ4v) is 2.76. The molecular formula is C15H16FN5. The molecule has 0 bridgehead atoms. The summed E-state index contributed by atoms with van der Waals surface area (Å²) in [7, 11) is 0. The van der Waals surface area contributed by atoms with Crippen molar-refractivity contribution in [2.75, 3.05) is 23.7 Å². The predicted molar refractivity (Wildman–Crippen MR) is 78.2 cm³/mol. The normalized spacial score (nSPS) is 15.9. The molecule has 0 atom stereocenters. The molecule has 0 saturated carbocycles. The highest BCUT2D eigenvalue weighted by atomic mass is 19.1. The van der Waals surface area contributed by atoms with Crippen LogP contribution in [-0.2, 0) is 0 Å². The zero-order chi connectivity index (χ0) is 14.8. The Morgan fingerprint density at radius 2 is 2.05 bits per heavy atom. The Labute approximate surface area is 122 Å². The van der Waals surface area contributed by atoms with Crippen molar-refractivity contribution in [3.8, 4) is 6.07 Å². The van der Waals surface area contributed by atoms with E-state index in [2.05, 4.69) is 5.10 Å². The molecule has 1 aromatic carbocycles. The van der Waals surface area contributed by atoms with Gasteiger partial charge in [0.2, 0.25) is 0 Å². The van der Waals surface area contributed by atoms with E-state index >= 15 is 0 Å². The van der Waals surface area contributed by atoms with Gasteiger partial charge in [-0.1, -0.05) is 0 Å². The van der Waals surface area contributed by atoms with Crippen LogP contribution in [0.2, 0.25) is 0 Å². The molecule has 6 heteroatoms. The van der Waals surface area contributed by atoms with E-state index in [-0.39, 0.29) is 5.82 Å². The van der Waals surface area contributed by atoms with Gasteiger partial charge >= 0.3 is 0 Å².